The summed E-state index contributed by atoms with van der Waals surface area (Å²) in [5.41, 5.74) is 5.78. The van der Waals surface area contributed by atoms with Crippen molar-refractivity contribution in [2.75, 3.05) is 24.6 Å². The highest BCUT2D eigenvalue weighted by atomic mass is 16.5. The number of hydrogen-bond acceptors (Lipinski definition) is 6. The van der Waals surface area contributed by atoms with Crippen LogP contribution in [0.2, 0.25) is 0 Å². The summed E-state index contributed by atoms with van der Waals surface area (Å²) in [4.78, 5) is 12.0. The Hall–Kier alpha value is -3.35. The Morgan fingerprint density at radius 3 is 2.80 bits per heavy atom. The van der Waals surface area contributed by atoms with Crippen molar-refractivity contribution in [3.8, 4) is 16.9 Å². The van der Waals surface area contributed by atoms with Crippen molar-refractivity contribution >= 4 is 17.0 Å². The van der Waals surface area contributed by atoms with Crippen LogP contribution in [-0.2, 0) is 0 Å². The first kappa shape index (κ1) is 17.5. The molecule has 2 aliphatic heterocycles. The Balaban J connectivity index is 1.63. The molecule has 7 nitrogen and oxygen atoms in total. The lowest BCUT2D eigenvalue weighted by Crippen LogP contribution is -2.29. The van der Waals surface area contributed by atoms with Crippen LogP contribution >= 0.6 is 0 Å². The number of imidazole rings is 1. The molecular formula is C23H22N5O2. The molecule has 1 fully saturated rings. The Kier molecular flexibility index (Phi) is 3.84. The number of aryl methyl sites for hydroxylation is 2. The lowest BCUT2D eigenvalue weighted by atomic mass is 10.0. The zero-order chi connectivity index (χ0) is 20.2. The molecule has 5 heterocycles. The summed E-state index contributed by atoms with van der Waals surface area (Å²) < 4.78 is 14.2. The van der Waals surface area contributed by atoms with E-state index in [1.54, 1.807) is 0 Å². The van der Waals surface area contributed by atoms with Gasteiger partial charge in [-0.05, 0) is 51.0 Å². The van der Waals surface area contributed by atoms with Gasteiger partial charge in [0.15, 0.2) is 5.75 Å². The molecule has 30 heavy (non-hydrogen) atoms. The zero-order valence-corrected chi connectivity index (χ0v) is 17.0. The predicted molar refractivity (Wildman–Crippen MR) is 114 cm³/mol. The summed E-state index contributed by atoms with van der Waals surface area (Å²) in [7, 11) is 0. The van der Waals surface area contributed by atoms with Gasteiger partial charge in [-0.2, -0.15) is 0 Å². The predicted octanol–water partition coefficient (Wildman–Crippen LogP) is 4.10. The summed E-state index contributed by atoms with van der Waals surface area (Å²) in [6, 6.07) is 10.1. The quantitative estimate of drug-likeness (QED) is 0.516. The summed E-state index contributed by atoms with van der Waals surface area (Å²) in [5.74, 6) is 2.62. The molecule has 7 heteroatoms. The van der Waals surface area contributed by atoms with Crippen LogP contribution < -0.4 is 9.64 Å². The van der Waals surface area contributed by atoms with Crippen molar-refractivity contribution in [1.82, 2.24) is 19.7 Å². The highest BCUT2D eigenvalue weighted by Crippen LogP contribution is 2.45. The van der Waals surface area contributed by atoms with E-state index in [1.807, 2.05) is 32.2 Å². The smallest absolute Gasteiger partial charge is 0.207 e. The van der Waals surface area contributed by atoms with Gasteiger partial charge in [-0.3, -0.25) is 9.55 Å². The van der Waals surface area contributed by atoms with E-state index in [-0.39, 0.29) is 6.04 Å². The molecule has 3 aromatic heterocycles. The third-order valence-corrected chi connectivity index (χ3v) is 6.05. The van der Waals surface area contributed by atoms with E-state index in [0.29, 0.717) is 6.61 Å². The van der Waals surface area contributed by atoms with E-state index < -0.39 is 0 Å². The molecule has 1 saturated heterocycles. The molecule has 6 rings (SSSR count). The van der Waals surface area contributed by atoms with Gasteiger partial charge in [0.25, 0.3) is 0 Å². The number of ether oxygens (including phenoxy) is 1. The lowest BCUT2D eigenvalue weighted by molar-refractivity contribution is 0.258. The van der Waals surface area contributed by atoms with Crippen LogP contribution in [0.25, 0.3) is 22.2 Å². The maximum Gasteiger partial charge on any atom is 0.207 e. The molecular weight excluding hydrogens is 378 g/mol. The number of hydrogen-bond donors (Lipinski definition) is 0. The Bertz CT molecular complexity index is 1220. The van der Waals surface area contributed by atoms with Gasteiger partial charge in [0.2, 0.25) is 5.95 Å². The molecule has 2 aliphatic rings. The average Bonchev–Trinajstić information content (AvgIpc) is 3.50. The largest absolute Gasteiger partial charge is 0.488 e. The molecule has 0 bridgehead atoms. The first-order chi connectivity index (χ1) is 14.7. The first-order valence-electron chi connectivity index (χ1n) is 10.3. The molecule has 0 spiro atoms. The Morgan fingerprint density at radius 1 is 1.13 bits per heavy atom. The van der Waals surface area contributed by atoms with Crippen LogP contribution in [0.15, 0.2) is 41.1 Å². The van der Waals surface area contributed by atoms with Crippen molar-refractivity contribution in [3.05, 3.63) is 60.1 Å². The van der Waals surface area contributed by atoms with E-state index in [4.69, 9.17) is 14.2 Å². The highest BCUT2D eigenvalue weighted by Gasteiger charge is 2.34. The van der Waals surface area contributed by atoms with E-state index in [0.717, 1.165) is 70.5 Å². The zero-order valence-electron chi connectivity index (χ0n) is 17.0. The molecule has 0 saturated carbocycles. The van der Waals surface area contributed by atoms with Crippen molar-refractivity contribution < 1.29 is 9.26 Å². The number of benzene rings is 1. The fraction of sp³-hybridized carbons (Fsp3) is 0.304. The fourth-order valence-corrected chi connectivity index (χ4v) is 4.67. The standard InChI is InChI=1S/C23H22N5O2/c1-14-20(15(2)30-26-14)16-8-9-18-21-22(16)29-13-19(17-7-3-4-10-24-17)28(21)23(25-18)27-11-5-6-12-27/h3-5,7-10,19H,6,11-13H2,1-2H3/t19-/m1/s1. The first-order valence-corrected chi connectivity index (χ1v) is 10.3. The summed E-state index contributed by atoms with van der Waals surface area (Å²) in [6.07, 6.45) is 5.21. The number of rotatable bonds is 3. The second-order valence-corrected chi connectivity index (χ2v) is 7.90. The van der Waals surface area contributed by atoms with E-state index in [9.17, 15) is 0 Å². The maximum absolute atomic E-state index is 6.41. The Labute approximate surface area is 174 Å². The lowest BCUT2D eigenvalue weighted by Gasteiger charge is -2.30. The minimum absolute atomic E-state index is 0.0285. The number of nitrogens with zero attached hydrogens (tertiary/aromatic N) is 5. The molecule has 1 radical (unpaired) electrons. The van der Waals surface area contributed by atoms with Crippen LogP contribution in [0.5, 0.6) is 5.75 Å². The summed E-state index contributed by atoms with van der Waals surface area (Å²) in [5, 5.41) is 4.14. The molecule has 0 aliphatic carbocycles. The van der Waals surface area contributed by atoms with Gasteiger partial charge in [-0.25, -0.2) is 4.98 Å². The topological polar surface area (TPSA) is 69.2 Å². The van der Waals surface area contributed by atoms with Crippen molar-refractivity contribution in [1.29, 1.82) is 0 Å². The molecule has 1 aromatic carbocycles. The SMILES string of the molecule is Cc1noc(C)c1-c1ccc2nc(N3C[CH]CC3)n3c2c1OC[C@@H]3c1ccccn1. The van der Waals surface area contributed by atoms with Gasteiger partial charge in [0, 0.05) is 24.8 Å². The second-order valence-electron chi connectivity index (χ2n) is 7.90. The third-order valence-electron chi connectivity index (χ3n) is 6.05. The fourth-order valence-electron chi connectivity index (χ4n) is 4.67. The number of anilines is 1. The summed E-state index contributed by atoms with van der Waals surface area (Å²) in [6.45, 7) is 6.29. The third kappa shape index (κ3) is 2.47. The highest BCUT2D eigenvalue weighted by molar-refractivity contribution is 5.94. The molecule has 1 atom stereocenters. The van der Waals surface area contributed by atoms with Gasteiger partial charge < -0.3 is 14.2 Å². The van der Waals surface area contributed by atoms with Crippen molar-refractivity contribution in [2.24, 2.45) is 0 Å². The van der Waals surface area contributed by atoms with Crippen molar-refractivity contribution in [3.63, 3.8) is 0 Å². The van der Waals surface area contributed by atoms with Crippen LogP contribution in [0, 0.1) is 20.3 Å². The molecule has 0 N–H and O–H groups in total. The molecule has 151 valence electrons. The summed E-state index contributed by atoms with van der Waals surface area (Å²) >= 11 is 0. The maximum atomic E-state index is 6.41. The molecule has 4 aromatic rings. The van der Waals surface area contributed by atoms with Gasteiger partial charge in [0.1, 0.15) is 23.9 Å². The van der Waals surface area contributed by atoms with E-state index in [1.165, 1.54) is 0 Å². The Morgan fingerprint density at radius 2 is 2.07 bits per heavy atom. The molecule has 0 amide bonds. The van der Waals surface area contributed by atoms with Crippen molar-refractivity contribution in [2.45, 2.75) is 26.3 Å². The minimum Gasteiger partial charge on any atom is -0.488 e. The van der Waals surface area contributed by atoms with Gasteiger partial charge in [-0.15, -0.1) is 0 Å². The van der Waals surface area contributed by atoms with Gasteiger partial charge >= 0.3 is 0 Å². The van der Waals surface area contributed by atoms with Crippen LogP contribution in [0.3, 0.4) is 0 Å². The van der Waals surface area contributed by atoms with Crippen LogP contribution in [-0.4, -0.2) is 39.4 Å². The van der Waals surface area contributed by atoms with E-state index in [2.05, 4.69) is 44.2 Å². The van der Waals surface area contributed by atoms with Crippen LogP contribution in [0.1, 0.15) is 29.6 Å². The normalized spacial score (nSPS) is 18.2. The number of aromatic nitrogens is 4. The monoisotopic (exact) mass is 400 g/mol. The second kappa shape index (κ2) is 6.58. The van der Waals surface area contributed by atoms with Gasteiger partial charge in [0.05, 0.1) is 22.5 Å². The van der Waals surface area contributed by atoms with Crippen LogP contribution in [0.4, 0.5) is 5.95 Å². The minimum atomic E-state index is -0.0285. The van der Waals surface area contributed by atoms with Gasteiger partial charge in [-0.1, -0.05) is 11.2 Å². The molecule has 0 unspecified atom stereocenters. The number of pyridine rings is 1. The average molecular weight is 400 g/mol. The van der Waals surface area contributed by atoms with E-state index >= 15 is 0 Å².